The molecule has 7 nitrogen and oxygen atoms in total. The van der Waals surface area contributed by atoms with Gasteiger partial charge in [-0.1, -0.05) is 48.2 Å². The molecule has 0 aliphatic heterocycles. The summed E-state index contributed by atoms with van der Waals surface area (Å²) in [6, 6.07) is 15.7. The Bertz CT molecular complexity index is 943. The number of hydrogen-bond donors (Lipinski definition) is 1. The Kier molecular flexibility index (Phi) is 7.71. The number of methoxy groups -OCH3 is 1. The lowest BCUT2D eigenvalue weighted by Gasteiger charge is -2.13. The molecule has 2 N–H and O–H groups in total. The summed E-state index contributed by atoms with van der Waals surface area (Å²) in [6.07, 6.45) is 6.99. The molecule has 1 heterocycles. The molecule has 3 aromatic rings. The van der Waals surface area contributed by atoms with E-state index in [1.165, 1.54) is 17.3 Å². The van der Waals surface area contributed by atoms with E-state index in [0.717, 1.165) is 11.3 Å². The van der Waals surface area contributed by atoms with Gasteiger partial charge in [0.05, 0.1) is 26.2 Å². The van der Waals surface area contributed by atoms with Crippen LogP contribution in [0.5, 0.6) is 11.5 Å². The van der Waals surface area contributed by atoms with Crippen molar-refractivity contribution in [2.45, 2.75) is 12.3 Å². The molecule has 0 aliphatic rings. The van der Waals surface area contributed by atoms with Gasteiger partial charge in [-0.2, -0.15) is 5.10 Å². The smallest absolute Gasteiger partial charge is 0.180 e. The van der Waals surface area contributed by atoms with Crippen LogP contribution in [0.1, 0.15) is 11.1 Å². The number of amidine groups is 1. The standard InChI is InChI=1S/C21H23N5O2S/c1-27-19-9-5-8-18(20(19)28-13-12-26-11-10-23-16-26)14-24-25-21(22)29-15-17-6-3-2-4-7-17/h2-11,14,16H,12-13,15H2,1H3,(H2,22,25). The van der Waals surface area contributed by atoms with Crippen molar-refractivity contribution in [2.24, 2.45) is 15.9 Å². The first-order valence-corrected chi connectivity index (χ1v) is 10.0. The molecular weight excluding hydrogens is 386 g/mol. The summed E-state index contributed by atoms with van der Waals surface area (Å²) in [6.45, 7) is 1.14. The molecule has 0 saturated heterocycles. The molecule has 29 heavy (non-hydrogen) atoms. The zero-order valence-electron chi connectivity index (χ0n) is 16.1. The molecule has 0 bridgehead atoms. The highest BCUT2D eigenvalue weighted by atomic mass is 32.2. The van der Waals surface area contributed by atoms with Crippen LogP contribution in [0.4, 0.5) is 0 Å². The summed E-state index contributed by atoms with van der Waals surface area (Å²) in [5.41, 5.74) is 7.89. The van der Waals surface area contributed by atoms with Crippen LogP contribution in [0.3, 0.4) is 0 Å². The van der Waals surface area contributed by atoms with E-state index >= 15 is 0 Å². The quantitative estimate of drug-likeness (QED) is 0.332. The number of hydrogen-bond acceptors (Lipinski definition) is 6. The van der Waals surface area contributed by atoms with Crippen LogP contribution >= 0.6 is 11.8 Å². The van der Waals surface area contributed by atoms with Crippen molar-refractivity contribution < 1.29 is 9.47 Å². The number of benzene rings is 2. The second-order valence-corrected chi connectivity index (χ2v) is 6.98. The van der Waals surface area contributed by atoms with E-state index in [0.29, 0.717) is 29.8 Å². The average molecular weight is 410 g/mol. The van der Waals surface area contributed by atoms with E-state index in [1.54, 1.807) is 25.8 Å². The predicted octanol–water partition coefficient (Wildman–Crippen LogP) is 3.55. The van der Waals surface area contributed by atoms with Gasteiger partial charge < -0.3 is 19.8 Å². The van der Waals surface area contributed by atoms with Gasteiger partial charge in [0.25, 0.3) is 0 Å². The number of para-hydroxylation sites is 1. The van der Waals surface area contributed by atoms with Gasteiger partial charge in [-0.05, 0) is 17.7 Å². The largest absolute Gasteiger partial charge is 0.493 e. The summed E-state index contributed by atoms with van der Waals surface area (Å²) in [4.78, 5) is 4.02. The fraction of sp³-hybridized carbons (Fsp3) is 0.190. The molecular formula is C21H23N5O2S. The zero-order chi connectivity index (χ0) is 20.3. The van der Waals surface area contributed by atoms with Crippen LogP contribution in [-0.2, 0) is 12.3 Å². The highest BCUT2D eigenvalue weighted by Gasteiger charge is 2.09. The Labute approximate surface area is 174 Å². The fourth-order valence-electron chi connectivity index (χ4n) is 2.53. The number of nitrogens with two attached hydrogens (primary N) is 1. The van der Waals surface area contributed by atoms with Crippen LogP contribution in [0.25, 0.3) is 0 Å². The Hall–Kier alpha value is -3.26. The second kappa shape index (κ2) is 10.9. The molecule has 0 radical (unpaired) electrons. The third kappa shape index (κ3) is 6.39. The van der Waals surface area contributed by atoms with Crippen LogP contribution in [0, 0.1) is 0 Å². The van der Waals surface area contributed by atoms with Gasteiger partial charge in [0.1, 0.15) is 6.61 Å². The summed E-state index contributed by atoms with van der Waals surface area (Å²) in [5, 5.41) is 8.58. The highest BCUT2D eigenvalue weighted by Crippen LogP contribution is 2.30. The van der Waals surface area contributed by atoms with Crippen LogP contribution in [-0.4, -0.2) is 34.7 Å². The maximum Gasteiger partial charge on any atom is 0.180 e. The highest BCUT2D eigenvalue weighted by molar-refractivity contribution is 8.13. The first kappa shape index (κ1) is 20.5. The maximum atomic E-state index is 5.95. The van der Waals surface area contributed by atoms with Crippen LogP contribution in [0.15, 0.2) is 77.5 Å². The molecule has 2 aromatic carbocycles. The van der Waals surface area contributed by atoms with Crippen LogP contribution < -0.4 is 15.2 Å². The molecule has 3 rings (SSSR count). The number of thioether (sulfide) groups is 1. The molecule has 0 amide bonds. The summed E-state index contributed by atoms with van der Waals surface area (Å²) in [5.74, 6) is 1.99. The normalized spacial score (nSPS) is 11.7. The first-order valence-electron chi connectivity index (χ1n) is 9.05. The van der Waals surface area contributed by atoms with E-state index in [1.807, 2.05) is 59.3 Å². The van der Waals surface area contributed by atoms with Gasteiger partial charge in [0.2, 0.25) is 0 Å². The molecule has 0 unspecified atom stereocenters. The third-order valence-electron chi connectivity index (χ3n) is 3.97. The molecule has 1 aromatic heterocycles. The fourth-order valence-corrected chi connectivity index (χ4v) is 3.14. The molecule has 0 spiro atoms. The van der Waals surface area contributed by atoms with Crippen molar-refractivity contribution in [1.82, 2.24) is 9.55 Å². The Morgan fingerprint density at radius 1 is 1.21 bits per heavy atom. The molecule has 0 fully saturated rings. The van der Waals surface area contributed by atoms with E-state index < -0.39 is 0 Å². The number of rotatable bonds is 9. The van der Waals surface area contributed by atoms with E-state index in [4.69, 9.17) is 15.2 Å². The Morgan fingerprint density at radius 3 is 2.83 bits per heavy atom. The van der Waals surface area contributed by atoms with Crippen molar-refractivity contribution in [3.63, 3.8) is 0 Å². The topological polar surface area (TPSA) is 87.0 Å². The van der Waals surface area contributed by atoms with E-state index in [2.05, 4.69) is 15.2 Å². The first-order chi connectivity index (χ1) is 14.3. The minimum Gasteiger partial charge on any atom is -0.493 e. The van der Waals surface area contributed by atoms with Gasteiger partial charge in [-0.25, -0.2) is 4.98 Å². The van der Waals surface area contributed by atoms with Gasteiger partial charge in [-0.3, -0.25) is 0 Å². The summed E-state index contributed by atoms with van der Waals surface area (Å²) >= 11 is 1.44. The molecule has 0 atom stereocenters. The summed E-state index contributed by atoms with van der Waals surface area (Å²) < 4.78 is 13.3. The Balaban J connectivity index is 1.62. The van der Waals surface area contributed by atoms with Crippen molar-refractivity contribution in [3.8, 4) is 11.5 Å². The molecule has 0 saturated carbocycles. The van der Waals surface area contributed by atoms with Gasteiger partial charge in [-0.15, -0.1) is 5.10 Å². The zero-order valence-corrected chi connectivity index (χ0v) is 17.0. The lowest BCUT2D eigenvalue weighted by atomic mass is 10.2. The van der Waals surface area contributed by atoms with Gasteiger partial charge >= 0.3 is 0 Å². The number of ether oxygens (including phenoxy) is 2. The van der Waals surface area contributed by atoms with E-state index in [-0.39, 0.29) is 0 Å². The monoisotopic (exact) mass is 409 g/mol. The average Bonchev–Trinajstić information content (AvgIpc) is 3.27. The summed E-state index contributed by atoms with van der Waals surface area (Å²) in [7, 11) is 1.61. The van der Waals surface area contributed by atoms with Crippen molar-refractivity contribution in [2.75, 3.05) is 13.7 Å². The number of nitrogens with zero attached hydrogens (tertiary/aromatic N) is 4. The van der Waals surface area contributed by atoms with Crippen molar-refractivity contribution >= 4 is 23.1 Å². The van der Waals surface area contributed by atoms with Crippen molar-refractivity contribution in [1.29, 1.82) is 0 Å². The second-order valence-electron chi connectivity index (χ2n) is 5.98. The van der Waals surface area contributed by atoms with Crippen molar-refractivity contribution in [3.05, 3.63) is 78.4 Å². The Morgan fingerprint density at radius 2 is 2.07 bits per heavy atom. The minimum absolute atomic E-state index is 0.399. The minimum atomic E-state index is 0.399. The van der Waals surface area contributed by atoms with Gasteiger partial charge in [0, 0.05) is 23.7 Å². The third-order valence-corrected chi connectivity index (χ3v) is 4.82. The SMILES string of the molecule is COc1cccc(C=NN=C(N)SCc2ccccc2)c1OCCn1ccnc1. The number of imidazole rings is 1. The molecule has 0 aliphatic carbocycles. The molecule has 8 heteroatoms. The molecule has 150 valence electrons. The number of aromatic nitrogens is 2. The van der Waals surface area contributed by atoms with E-state index in [9.17, 15) is 0 Å². The lowest BCUT2D eigenvalue weighted by Crippen LogP contribution is -2.08. The lowest BCUT2D eigenvalue weighted by molar-refractivity contribution is 0.279. The van der Waals surface area contributed by atoms with Gasteiger partial charge in [0.15, 0.2) is 16.7 Å². The predicted molar refractivity (Wildman–Crippen MR) is 118 cm³/mol. The van der Waals surface area contributed by atoms with Crippen LogP contribution in [0.2, 0.25) is 0 Å². The maximum absolute atomic E-state index is 5.95.